The first-order valence-corrected chi connectivity index (χ1v) is 9.76. The molecule has 0 spiro atoms. The number of carbonyl (C=O) groups excluding carboxylic acids is 1. The summed E-state index contributed by atoms with van der Waals surface area (Å²) in [6, 6.07) is 5.10. The number of sulfonamides is 1. The van der Waals surface area contributed by atoms with E-state index >= 15 is 0 Å². The molecule has 1 aromatic carbocycles. The maximum atomic E-state index is 13.0. The number of hydrogen-bond acceptors (Lipinski definition) is 4. The van der Waals surface area contributed by atoms with E-state index in [9.17, 15) is 13.2 Å². The number of piperidine rings is 1. The van der Waals surface area contributed by atoms with Gasteiger partial charge in [0.15, 0.2) is 0 Å². The van der Waals surface area contributed by atoms with Gasteiger partial charge in [-0.1, -0.05) is 13.0 Å². The highest BCUT2D eigenvalue weighted by Crippen LogP contribution is 2.30. The Bertz CT molecular complexity index is 688. The number of methoxy groups -OCH3 is 1. The predicted octanol–water partition coefficient (Wildman–Crippen LogP) is 1.93. The molecule has 1 saturated heterocycles. The number of nitrogens with one attached hydrogen (secondary N) is 1. The monoisotopic (exact) mass is 354 g/mol. The van der Waals surface area contributed by atoms with E-state index in [-0.39, 0.29) is 23.3 Å². The van der Waals surface area contributed by atoms with Gasteiger partial charge in [0, 0.05) is 19.6 Å². The lowest BCUT2D eigenvalue weighted by atomic mass is 9.99. The van der Waals surface area contributed by atoms with Crippen LogP contribution in [0.25, 0.3) is 0 Å². The number of hydrogen-bond donors (Lipinski definition) is 1. The summed E-state index contributed by atoms with van der Waals surface area (Å²) in [6.45, 7) is 5.09. The first-order valence-electron chi connectivity index (χ1n) is 8.32. The molecule has 0 aromatic heterocycles. The Hall–Kier alpha value is -1.60. The van der Waals surface area contributed by atoms with Gasteiger partial charge in [0.25, 0.3) is 0 Å². The van der Waals surface area contributed by atoms with Crippen LogP contribution in [0.5, 0.6) is 5.75 Å². The van der Waals surface area contributed by atoms with E-state index in [4.69, 9.17) is 4.74 Å². The zero-order chi connectivity index (χ0) is 17.7. The molecule has 0 bridgehead atoms. The Morgan fingerprint density at radius 3 is 2.83 bits per heavy atom. The van der Waals surface area contributed by atoms with Crippen LogP contribution in [0.15, 0.2) is 23.1 Å². The van der Waals surface area contributed by atoms with Gasteiger partial charge in [-0.25, -0.2) is 8.42 Å². The SMILES string of the molecule is CCCNC(=O)C1CCCN(S(=O)(=O)c2cc(C)ccc2OC)C1. The number of ether oxygens (including phenoxy) is 1. The normalized spacial score (nSPS) is 19.0. The van der Waals surface area contributed by atoms with Gasteiger partial charge in [-0.3, -0.25) is 4.79 Å². The van der Waals surface area contributed by atoms with Crippen LogP contribution >= 0.6 is 0 Å². The molecule has 1 amide bonds. The summed E-state index contributed by atoms with van der Waals surface area (Å²) in [6.07, 6.45) is 2.26. The van der Waals surface area contributed by atoms with Crippen LogP contribution in [-0.4, -0.2) is 45.4 Å². The lowest BCUT2D eigenvalue weighted by Crippen LogP contribution is -2.45. The van der Waals surface area contributed by atoms with E-state index in [2.05, 4.69) is 5.32 Å². The highest BCUT2D eigenvalue weighted by Gasteiger charge is 2.34. The van der Waals surface area contributed by atoms with Crippen LogP contribution in [0, 0.1) is 12.8 Å². The third kappa shape index (κ3) is 4.08. The summed E-state index contributed by atoms with van der Waals surface area (Å²) >= 11 is 0. The van der Waals surface area contributed by atoms with Gasteiger partial charge < -0.3 is 10.1 Å². The Kier molecular flexibility index (Phi) is 6.23. The highest BCUT2D eigenvalue weighted by molar-refractivity contribution is 7.89. The number of benzene rings is 1. The van der Waals surface area contributed by atoms with Crippen molar-refractivity contribution >= 4 is 15.9 Å². The molecule has 134 valence electrons. The van der Waals surface area contributed by atoms with Crippen LogP contribution in [0.3, 0.4) is 0 Å². The smallest absolute Gasteiger partial charge is 0.246 e. The van der Waals surface area contributed by atoms with E-state index in [1.807, 2.05) is 19.9 Å². The van der Waals surface area contributed by atoms with Gasteiger partial charge >= 0.3 is 0 Å². The molecule has 7 heteroatoms. The molecule has 1 aromatic rings. The van der Waals surface area contributed by atoms with Gasteiger partial charge in [0.05, 0.1) is 13.0 Å². The number of rotatable bonds is 6. The number of carbonyl (C=O) groups is 1. The van der Waals surface area contributed by atoms with Gasteiger partial charge in [0.2, 0.25) is 15.9 Å². The van der Waals surface area contributed by atoms with Crippen LogP contribution in [0.2, 0.25) is 0 Å². The number of nitrogens with zero attached hydrogens (tertiary/aromatic N) is 1. The summed E-state index contributed by atoms with van der Waals surface area (Å²) in [4.78, 5) is 12.4. The minimum Gasteiger partial charge on any atom is -0.495 e. The van der Waals surface area contributed by atoms with Crippen molar-refractivity contribution < 1.29 is 17.9 Å². The maximum absolute atomic E-state index is 13.0. The minimum atomic E-state index is -3.69. The van der Waals surface area contributed by atoms with Crippen molar-refractivity contribution in [2.75, 3.05) is 26.7 Å². The van der Waals surface area contributed by atoms with Crippen LogP contribution < -0.4 is 10.1 Å². The molecule has 1 aliphatic rings. The van der Waals surface area contributed by atoms with Crippen LogP contribution in [-0.2, 0) is 14.8 Å². The lowest BCUT2D eigenvalue weighted by molar-refractivity contribution is -0.126. The van der Waals surface area contributed by atoms with Crippen molar-refractivity contribution in [2.24, 2.45) is 5.92 Å². The lowest BCUT2D eigenvalue weighted by Gasteiger charge is -2.31. The fourth-order valence-electron chi connectivity index (χ4n) is 2.89. The molecule has 0 radical (unpaired) electrons. The van der Waals surface area contributed by atoms with E-state index in [1.165, 1.54) is 11.4 Å². The molecular formula is C17H26N2O4S. The summed E-state index contributed by atoms with van der Waals surface area (Å²) in [5, 5.41) is 2.86. The van der Waals surface area contributed by atoms with Crippen molar-refractivity contribution in [3.63, 3.8) is 0 Å². The molecule has 1 fully saturated rings. The zero-order valence-corrected chi connectivity index (χ0v) is 15.4. The van der Waals surface area contributed by atoms with Gasteiger partial charge in [-0.2, -0.15) is 4.31 Å². The van der Waals surface area contributed by atoms with Crippen molar-refractivity contribution in [2.45, 2.75) is 38.0 Å². The van der Waals surface area contributed by atoms with Gasteiger partial charge in [-0.15, -0.1) is 0 Å². The Morgan fingerprint density at radius 2 is 2.17 bits per heavy atom. The van der Waals surface area contributed by atoms with Crippen molar-refractivity contribution in [3.05, 3.63) is 23.8 Å². The molecule has 6 nitrogen and oxygen atoms in total. The molecule has 2 rings (SSSR count). The molecule has 1 unspecified atom stereocenters. The Labute approximate surface area is 144 Å². The summed E-state index contributed by atoms with van der Waals surface area (Å²) in [5.41, 5.74) is 0.851. The fourth-order valence-corrected chi connectivity index (χ4v) is 4.66. The van der Waals surface area contributed by atoms with E-state index in [0.717, 1.165) is 12.0 Å². The number of aryl methyl sites for hydroxylation is 1. The number of amides is 1. The molecule has 1 atom stereocenters. The first kappa shape index (κ1) is 18.7. The van der Waals surface area contributed by atoms with Crippen LogP contribution in [0.1, 0.15) is 31.7 Å². The fraction of sp³-hybridized carbons (Fsp3) is 0.588. The minimum absolute atomic E-state index is 0.0621. The first-order chi connectivity index (χ1) is 11.4. The predicted molar refractivity (Wildman–Crippen MR) is 92.5 cm³/mol. The van der Waals surface area contributed by atoms with E-state index < -0.39 is 10.0 Å². The third-order valence-corrected chi connectivity index (χ3v) is 6.13. The third-order valence-electron chi connectivity index (χ3n) is 4.24. The molecule has 1 N–H and O–H groups in total. The van der Waals surface area contributed by atoms with Crippen molar-refractivity contribution in [1.29, 1.82) is 0 Å². The molecule has 0 aliphatic carbocycles. The molecule has 0 saturated carbocycles. The molecular weight excluding hydrogens is 328 g/mol. The standard InChI is InChI=1S/C17H26N2O4S/c1-4-9-18-17(20)14-6-5-10-19(12-14)24(21,22)16-11-13(2)7-8-15(16)23-3/h7-8,11,14H,4-6,9-10,12H2,1-3H3,(H,18,20). The van der Waals surface area contributed by atoms with Crippen molar-refractivity contribution in [1.82, 2.24) is 9.62 Å². The largest absolute Gasteiger partial charge is 0.495 e. The van der Waals surface area contributed by atoms with Crippen molar-refractivity contribution in [3.8, 4) is 5.75 Å². The zero-order valence-electron chi connectivity index (χ0n) is 14.5. The summed E-state index contributed by atoms with van der Waals surface area (Å²) in [5.74, 6) is -0.0259. The van der Waals surface area contributed by atoms with Gasteiger partial charge in [-0.05, 0) is 43.9 Å². The summed E-state index contributed by atoms with van der Waals surface area (Å²) < 4.78 is 32.7. The highest BCUT2D eigenvalue weighted by atomic mass is 32.2. The second kappa shape index (κ2) is 7.98. The van der Waals surface area contributed by atoms with E-state index in [1.54, 1.807) is 12.1 Å². The Balaban J connectivity index is 2.23. The summed E-state index contributed by atoms with van der Waals surface area (Å²) in [7, 11) is -2.23. The average Bonchev–Trinajstić information content (AvgIpc) is 2.59. The molecule has 24 heavy (non-hydrogen) atoms. The second-order valence-electron chi connectivity index (χ2n) is 6.15. The average molecular weight is 354 g/mol. The Morgan fingerprint density at radius 1 is 1.42 bits per heavy atom. The second-order valence-corrected chi connectivity index (χ2v) is 8.05. The maximum Gasteiger partial charge on any atom is 0.246 e. The quantitative estimate of drug-likeness (QED) is 0.847. The topological polar surface area (TPSA) is 75.7 Å². The van der Waals surface area contributed by atoms with E-state index in [0.29, 0.717) is 31.7 Å². The van der Waals surface area contributed by atoms with Crippen LogP contribution in [0.4, 0.5) is 0 Å². The molecule has 1 heterocycles. The van der Waals surface area contributed by atoms with Gasteiger partial charge in [0.1, 0.15) is 10.6 Å². The molecule has 1 aliphatic heterocycles.